The SMILES string of the molecule is CCCCCCCCCCCCCCCCCCCCCCCC(=O)O[C@H](COC(=O)CCCCCCCCCCCCCCCCCC)COP(=O)(O)OC[C@@H](O)COP(=O)(O)OC[C@@H](COC(=O)CCCCCCCCCCCCCC)OC(=O)CCCCCCCCCCCCCC. The van der Waals surface area contributed by atoms with Crippen molar-refractivity contribution in [3.63, 3.8) is 0 Å². The molecule has 0 aliphatic carbocycles. The summed E-state index contributed by atoms with van der Waals surface area (Å²) >= 11 is 0. The van der Waals surface area contributed by atoms with Crippen LogP contribution in [0.25, 0.3) is 0 Å². The van der Waals surface area contributed by atoms with E-state index < -0.39 is 97.5 Å². The zero-order valence-corrected chi connectivity index (χ0v) is 67.7. The van der Waals surface area contributed by atoms with Crippen molar-refractivity contribution in [2.45, 2.75) is 463 Å². The maximum atomic E-state index is 13.1. The number of esters is 4. The van der Waals surface area contributed by atoms with Crippen LogP contribution >= 0.6 is 15.6 Å². The lowest BCUT2D eigenvalue weighted by molar-refractivity contribution is -0.161. The third-order valence-corrected chi connectivity index (χ3v) is 21.3. The molecule has 0 aromatic heterocycles. The molecule has 0 aromatic rings. The number of carbonyl (C=O) groups excluding carboxylic acids is 4. The summed E-state index contributed by atoms with van der Waals surface area (Å²) in [6.45, 7) is 5.03. The molecule has 0 bridgehead atoms. The monoisotopic (exact) mass is 1480 g/mol. The minimum Gasteiger partial charge on any atom is -0.462 e. The summed E-state index contributed by atoms with van der Waals surface area (Å²) in [5.74, 6) is -2.10. The maximum Gasteiger partial charge on any atom is 0.472 e. The summed E-state index contributed by atoms with van der Waals surface area (Å²) in [4.78, 5) is 73.1. The molecule has 0 saturated carbocycles. The van der Waals surface area contributed by atoms with Gasteiger partial charge in [-0.05, 0) is 25.7 Å². The molecule has 0 radical (unpaired) electrons. The van der Waals surface area contributed by atoms with Crippen molar-refractivity contribution in [3.05, 3.63) is 0 Å². The summed E-state index contributed by atoms with van der Waals surface area (Å²) in [5, 5.41) is 10.6. The fourth-order valence-corrected chi connectivity index (χ4v) is 14.4. The number of aliphatic hydroxyl groups excluding tert-OH is 1. The Kier molecular flexibility index (Phi) is 74.8. The molecule has 0 aliphatic heterocycles. The smallest absolute Gasteiger partial charge is 0.462 e. The predicted molar refractivity (Wildman–Crippen MR) is 414 cm³/mol. The number of unbranched alkanes of at least 4 members (excludes halogenated alkanes) is 57. The third kappa shape index (κ3) is 76.1. The van der Waals surface area contributed by atoms with E-state index >= 15 is 0 Å². The van der Waals surface area contributed by atoms with E-state index in [4.69, 9.17) is 37.0 Å². The second-order valence-corrected chi connectivity index (χ2v) is 32.4. The largest absolute Gasteiger partial charge is 0.472 e. The fourth-order valence-electron chi connectivity index (χ4n) is 12.8. The number of carbonyl (C=O) groups is 4. The number of phosphoric acid groups is 2. The van der Waals surface area contributed by atoms with Crippen molar-refractivity contribution in [1.29, 1.82) is 0 Å². The normalized spacial score (nSPS) is 13.8. The molecule has 19 heteroatoms. The molecule has 0 amide bonds. The van der Waals surface area contributed by atoms with E-state index in [1.807, 2.05) is 0 Å². The van der Waals surface area contributed by atoms with Gasteiger partial charge in [-0.1, -0.05) is 394 Å². The highest BCUT2D eigenvalue weighted by Gasteiger charge is 2.30. The number of hydrogen-bond donors (Lipinski definition) is 3. The van der Waals surface area contributed by atoms with Gasteiger partial charge in [0.05, 0.1) is 26.4 Å². The van der Waals surface area contributed by atoms with Crippen LogP contribution in [0.5, 0.6) is 0 Å². The summed E-state index contributed by atoms with van der Waals surface area (Å²) < 4.78 is 68.8. The molecule has 0 aliphatic rings. The Labute approximate surface area is 619 Å². The molecule has 0 saturated heterocycles. The average molecular weight is 1480 g/mol. The topological polar surface area (TPSA) is 237 Å². The van der Waals surface area contributed by atoms with E-state index in [0.717, 1.165) is 89.9 Å². The summed E-state index contributed by atoms with van der Waals surface area (Å²) in [6.07, 6.45) is 69.3. The van der Waals surface area contributed by atoms with Crippen molar-refractivity contribution in [2.75, 3.05) is 39.6 Å². The van der Waals surface area contributed by atoms with Gasteiger partial charge in [-0.3, -0.25) is 37.3 Å². The molecule has 0 fully saturated rings. The van der Waals surface area contributed by atoms with Crippen LogP contribution in [0, 0.1) is 0 Å². The van der Waals surface area contributed by atoms with Crippen LogP contribution in [0.15, 0.2) is 0 Å². The average Bonchev–Trinajstić information content (AvgIpc) is 1.42. The number of rotatable bonds is 83. The van der Waals surface area contributed by atoms with Gasteiger partial charge in [-0.15, -0.1) is 0 Å². The zero-order valence-electron chi connectivity index (χ0n) is 65.9. The third-order valence-electron chi connectivity index (χ3n) is 19.4. The zero-order chi connectivity index (χ0) is 73.9. The van der Waals surface area contributed by atoms with E-state index in [1.165, 1.54) is 276 Å². The highest BCUT2D eigenvalue weighted by Crippen LogP contribution is 2.45. The lowest BCUT2D eigenvalue weighted by Gasteiger charge is -2.21. The van der Waals surface area contributed by atoms with Gasteiger partial charge in [0.1, 0.15) is 19.3 Å². The van der Waals surface area contributed by atoms with Gasteiger partial charge in [0.15, 0.2) is 12.2 Å². The molecule has 0 heterocycles. The van der Waals surface area contributed by atoms with Crippen LogP contribution < -0.4 is 0 Å². The lowest BCUT2D eigenvalue weighted by atomic mass is 10.0. The first-order valence-electron chi connectivity index (χ1n) is 42.8. The predicted octanol–water partition coefficient (Wildman–Crippen LogP) is 25.0. The van der Waals surface area contributed by atoms with Gasteiger partial charge in [-0.2, -0.15) is 0 Å². The Morgan fingerprint density at radius 1 is 0.238 bits per heavy atom. The van der Waals surface area contributed by atoms with Crippen LogP contribution in [0.1, 0.15) is 445 Å². The van der Waals surface area contributed by atoms with E-state index in [0.29, 0.717) is 25.7 Å². The van der Waals surface area contributed by atoms with Crippen molar-refractivity contribution in [1.82, 2.24) is 0 Å². The summed E-state index contributed by atoms with van der Waals surface area (Å²) in [5.41, 5.74) is 0. The fraction of sp³-hybridized carbons (Fsp3) is 0.951. The van der Waals surface area contributed by atoms with Crippen LogP contribution in [0.2, 0.25) is 0 Å². The van der Waals surface area contributed by atoms with Gasteiger partial charge in [-0.25, -0.2) is 9.13 Å². The Morgan fingerprint density at radius 3 is 0.584 bits per heavy atom. The molecule has 17 nitrogen and oxygen atoms in total. The molecule has 0 aromatic carbocycles. The quantitative estimate of drug-likeness (QED) is 0.0222. The Hall–Kier alpha value is -1.94. The Morgan fingerprint density at radius 2 is 0.396 bits per heavy atom. The van der Waals surface area contributed by atoms with Crippen LogP contribution in [-0.2, 0) is 65.4 Å². The first-order chi connectivity index (χ1) is 49.2. The van der Waals surface area contributed by atoms with E-state index in [2.05, 4.69) is 27.7 Å². The van der Waals surface area contributed by atoms with Gasteiger partial charge >= 0.3 is 39.5 Å². The highest BCUT2D eigenvalue weighted by atomic mass is 31.2. The molecule has 5 atom stereocenters. The van der Waals surface area contributed by atoms with Crippen molar-refractivity contribution < 1.29 is 80.2 Å². The number of phosphoric ester groups is 2. The second-order valence-electron chi connectivity index (χ2n) is 29.5. The Balaban J connectivity index is 5.22. The molecule has 600 valence electrons. The standard InChI is InChI=1S/C82H160O17P2/c1-5-9-13-17-21-25-29-33-35-37-38-39-40-41-43-45-49-53-57-61-65-69-82(87)99-78(73-93-80(85)67-63-59-55-51-48-44-42-36-34-30-26-22-18-14-10-6-2)75-97-101(90,91)95-71-76(83)70-94-100(88,89)96-74-77(98-81(86)68-64-60-56-52-47-32-28-24-20-16-12-8-4)72-92-79(84)66-62-58-54-50-46-31-27-23-19-15-11-7-3/h76-78,83H,5-75H2,1-4H3,(H,88,89)(H,90,91)/t76-,77+,78+/m0/s1. The first kappa shape index (κ1) is 99.1. The van der Waals surface area contributed by atoms with Gasteiger partial charge in [0, 0.05) is 25.7 Å². The van der Waals surface area contributed by atoms with E-state index in [9.17, 15) is 43.2 Å². The first-order valence-corrected chi connectivity index (χ1v) is 45.8. The molecule has 101 heavy (non-hydrogen) atoms. The van der Waals surface area contributed by atoms with Crippen LogP contribution in [0.4, 0.5) is 0 Å². The molecular formula is C82H160O17P2. The summed E-state index contributed by atoms with van der Waals surface area (Å²) in [6, 6.07) is 0. The molecule has 2 unspecified atom stereocenters. The molecular weight excluding hydrogens is 1320 g/mol. The number of hydrogen-bond acceptors (Lipinski definition) is 15. The molecule has 0 spiro atoms. The minimum absolute atomic E-state index is 0.108. The van der Waals surface area contributed by atoms with Crippen molar-refractivity contribution >= 4 is 39.5 Å². The van der Waals surface area contributed by atoms with Gasteiger partial charge in [0.25, 0.3) is 0 Å². The van der Waals surface area contributed by atoms with Crippen LogP contribution in [0.3, 0.4) is 0 Å². The van der Waals surface area contributed by atoms with E-state index in [1.54, 1.807) is 0 Å². The number of aliphatic hydroxyl groups is 1. The van der Waals surface area contributed by atoms with Crippen molar-refractivity contribution in [2.24, 2.45) is 0 Å². The van der Waals surface area contributed by atoms with Crippen LogP contribution in [-0.4, -0.2) is 96.7 Å². The van der Waals surface area contributed by atoms with Gasteiger partial charge < -0.3 is 33.8 Å². The summed E-state index contributed by atoms with van der Waals surface area (Å²) in [7, 11) is -9.92. The number of ether oxygens (including phenoxy) is 4. The molecule has 0 rings (SSSR count). The Bertz CT molecular complexity index is 1910. The lowest BCUT2D eigenvalue weighted by Crippen LogP contribution is -2.30. The van der Waals surface area contributed by atoms with Crippen molar-refractivity contribution in [3.8, 4) is 0 Å². The van der Waals surface area contributed by atoms with E-state index in [-0.39, 0.29) is 25.7 Å². The highest BCUT2D eigenvalue weighted by molar-refractivity contribution is 7.47. The van der Waals surface area contributed by atoms with Gasteiger partial charge in [0.2, 0.25) is 0 Å². The maximum absolute atomic E-state index is 13.1. The molecule has 3 N–H and O–H groups in total. The minimum atomic E-state index is -4.96. The second kappa shape index (κ2) is 76.3.